The minimum absolute atomic E-state index is 0.754. The van der Waals surface area contributed by atoms with Crippen molar-refractivity contribution in [2.45, 2.75) is 32.7 Å². The molecule has 1 aromatic carbocycles. The van der Waals surface area contributed by atoms with Crippen molar-refractivity contribution in [3.05, 3.63) is 35.5 Å². The first-order chi connectivity index (χ1) is 11.3. The molecule has 0 atom stereocenters. The van der Waals surface area contributed by atoms with E-state index < -0.39 is 0 Å². The van der Waals surface area contributed by atoms with Crippen molar-refractivity contribution in [2.75, 3.05) is 39.3 Å². The molecule has 3 N–H and O–H groups in total. The van der Waals surface area contributed by atoms with Gasteiger partial charge < -0.3 is 20.5 Å². The maximum absolute atomic E-state index is 5.70. The number of nitrogens with two attached hydrogens (primary N) is 1. The van der Waals surface area contributed by atoms with Crippen LogP contribution in [0.1, 0.15) is 24.0 Å². The van der Waals surface area contributed by atoms with Crippen molar-refractivity contribution in [2.24, 2.45) is 5.73 Å². The molecule has 1 saturated heterocycles. The lowest BCUT2D eigenvalue weighted by Crippen LogP contribution is -2.43. The first-order valence-electron chi connectivity index (χ1n) is 8.99. The summed E-state index contributed by atoms with van der Waals surface area (Å²) in [5.41, 5.74) is 9.89. The summed E-state index contributed by atoms with van der Waals surface area (Å²) in [5.74, 6) is 0. The number of hydrogen-bond donors (Lipinski definition) is 2. The standard InChI is InChI=1S/C19H30N4/c1-16-5-6-18-17(4-2-10-22-12-8-21-9-13-22)15-23(11-3-7-20)19(18)14-16/h5-6,14-15,21H,2-4,7-13,20H2,1H3. The highest BCUT2D eigenvalue weighted by Gasteiger charge is 2.11. The number of fused-ring (bicyclic) bond motifs is 1. The van der Waals surface area contributed by atoms with Gasteiger partial charge in [0.05, 0.1) is 0 Å². The summed E-state index contributed by atoms with van der Waals surface area (Å²) < 4.78 is 2.40. The Morgan fingerprint density at radius 1 is 1.13 bits per heavy atom. The van der Waals surface area contributed by atoms with E-state index in [9.17, 15) is 0 Å². The number of aryl methyl sites for hydroxylation is 3. The maximum Gasteiger partial charge on any atom is 0.0485 e. The van der Waals surface area contributed by atoms with Crippen LogP contribution in [0.4, 0.5) is 0 Å². The molecular weight excluding hydrogens is 284 g/mol. The van der Waals surface area contributed by atoms with Gasteiger partial charge in [-0.3, -0.25) is 0 Å². The fourth-order valence-corrected chi connectivity index (χ4v) is 3.55. The van der Waals surface area contributed by atoms with Crippen LogP contribution in [-0.2, 0) is 13.0 Å². The first kappa shape index (κ1) is 16.5. The average Bonchev–Trinajstić information content (AvgIpc) is 2.91. The van der Waals surface area contributed by atoms with Crippen LogP contribution in [0, 0.1) is 6.92 Å². The van der Waals surface area contributed by atoms with Crippen molar-refractivity contribution < 1.29 is 0 Å². The normalized spacial score (nSPS) is 16.3. The van der Waals surface area contributed by atoms with Crippen LogP contribution in [0.25, 0.3) is 10.9 Å². The molecule has 23 heavy (non-hydrogen) atoms. The van der Waals surface area contributed by atoms with E-state index in [1.165, 1.54) is 54.5 Å². The van der Waals surface area contributed by atoms with E-state index in [0.717, 1.165) is 32.6 Å². The summed E-state index contributed by atoms with van der Waals surface area (Å²) in [4.78, 5) is 2.58. The second-order valence-electron chi connectivity index (χ2n) is 6.71. The Hall–Kier alpha value is -1.36. The number of rotatable bonds is 7. The van der Waals surface area contributed by atoms with Crippen molar-refractivity contribution in [1.29, 1.82) is 0 Å². The van der Waals surface area contributed by atoms with E-state index in [4.69, 9.17) is 5.73 Å². The molecule has 126 valence electrons. The zero-order chi connectivity index (χ0) is 16.1. The number of nitrogens with one attached hydrogen (secondary N) is 1. The lowest BCUT2D eigenvalue weighted by molar-refractivity contribution is 0.238. The Bertz CT molecular complexity index is 626. The average molecular weight is 314 g/mol. The molecular formula is C19H30N4. The fourth-order valence-electron chi connectivity index (χ4n) is 3.55. The molecule has 0 aliphatic carbocycles. The molecule has 1 aliphatic heterocycles. The van der Waals surface area contributed by atoms with Gasteiger partial charge in [-0.25, -0.2) is 0 Å². The Labute approximate surface area is 139 Å². The molecule has 1 fully saturated rings. The van der Waals surface area contributed by atoms with Crippen LogP contribution < -0.4 is 11.1 Å². The summed E-state index contributed by atoms with van der Waals surface area (Å²) in [5, 5.41) is 4.84. The lowest BCUT2D eigenvalue weighted by atomic mass is 10.1. The first-order valence-corrected chi connectivity index (χ1v) is 8.99. The highest BCUT2D eigenvalue weighted by Crippen LogP contribution is 2.24. The highest BCUT2D eigenvalue weighted by atomic mass is 15.2. The van der Waals surface area contributed by atoms with Crippen molar-refractivity contribution >= 4 is 10.9 Å². The molecule has 4 nitrogen and oxygen atoms in total. The Morgan fingerprint density at radius 2 is 1.96 bits per heavy atom. The molecule has 1 aromatic heterocycles. The van der Waals surface area contributed by atoms with Crippen LogP contribution in [0.15, 0.2) is 24.4 Å². The van der Waals surface area contributed by atoms with E-state index in [2.05, 4.69) is 46.1 Å². The third kappa shape index (κ3) is 4.14. The van der Waals surface area contributed by atoms with Crippen molar-refractivity contribution in [1.82, 2.24) is 14.8 Å². The Morgan fingerprint density at radius 3 is 2.74 bits per heavy atom. The molecule has 2 aromatic rings. The third-order valence-corrected chi connectivity index (χ3v) is 4.85. The lowest BCUT2D eigenvalue weighted by Gasteiger charge is -2.26. The second-order valence-corrected chi connectivity index (χ2v) is 6.71. The summed E-state index contributed by atoms with van der Waals surface area (Å²) in [6.45, 7) is 9.81. The minimum atomic E-state index is 0.754. The smallest absolute Gasteiger partial charge is 0.0485 e. The molecule has 0 unspecified atom stereocenters. The summed E-state index contributed by atoms with van der Waals surface area (Å²) in [6.07, 6.45) is 5.80. The summed E-state index contributed by atoms with van der Waals surface area (Å²) in [7, 11) is 0. The Kier molecular flexibility index (Phi) is 5.70. The van der Waals surface area contributed by atoms with Gasteiger partial charge in [0.2, 0.25) is 0 Å². The fraction of sp³-hybridized carbons (Fsp3) is 0.579. The van der Waals surface area contributed by atoms with E-state index in [0.29, 0.717) is 0 Å². The largest absolute Gasteiger partial charge is 0.347 e. The van der Waals surface area contributed by atoms with Gasteiger partial charge in [-0.05, 0) is 56.5 Å². The van der Waals surface area contributed by atoms with Gasteiger partial charge in [0.1, 0.15) is 0 Å². The predicted octanol–water partition coefficient (Wildman–Crippen LogP) is 2.14. The molecule has 0 amide bonds. The maximum atomic E-state index is 5.70. The van der Waals surface area contributed by atoms with E-state index >= 15 is 0 Å². The zero-order valence-corrected chi connectivity index (χ0v) is 14.4. The highest BCUT2D eigenvalue weighted by molar-refractivity contribution is 5.84. The molecule has 2 heterocycles. The number of benzene rings is 1. The van der Waals surface area contributed by atoms with Gasteiger partial charge in [-0.15, -0.1) is 0 Å². The number of hydrogen-bond acceptors (Lipinski definition) is 3. The van der Waals surface area contributed by atoms with Gasteiger partial charge in [-0.2, -0.15) is 0 Å². The number of piperazine rings is 1. The predicted molar refractivity (Wildman–Crippen MR) is 98.0 cm³/mol. The van der Waals surface area contributed by atoms with Gasteiger partial charge in [0.15, 0.2) is 0 Å². The van der Waals surface area contributed by atoms with Gasteiger partial charge >= 0.3 is 0 Å². The SMILES string of the molecule is Cc1ccc2c(CCCN3CCNCC3)cn(CCCN)c2c1. The van der Waals surface area contributed by atoms with Gasteiger partial charge in [-0.1, -0.05) is 12.1 Å². The number of aromatic nitrogens is 1. The molecule has 4 heteroatoms. The molecule has 0 bridgehead atoms. The monoisotopic (exact) mass is 314 g/mol. The van der Waals surface area contributed by atoms with Crippen LogP contribution >= 0.6 is 0 Å². The third-order valence-electron chi connectivity index (χ3n) is 4.85. The Balaban J connectivity index is 1.69. The summed E-state index contributed by atoms with van der Waals surface area (Å²) >= 11 is 0. The quantitative estimate of drug-likeness (QED) is 0.823. The molecule has 0 saturated carbocycles. The van der Waals surface area contributed by atoms with Crippen LogP contribution in [0.3, 0.4) is 0 Å². The second kappa shape index (κ2) is 7.95. The number of nitrogens with zero attached hydrogens (tertiary/aromatic N) is 2. The molecule has 1 aliphatic rings. The van der Waals surface area contributed by atoms with E-state index in [1.807, 2.05) is 0 Å². The topological polar surface area (TPSA) is 46.2 Å². The van der Waals surface area contributed by atoms with Crippen LogP contribution in [-0.4, -0.2) is 48.7 Å². The van der Waals surface area contributed by atoms with E-state index in [1.54, 1.807) is 0 Å². The van der Waals surface area contributed by atoms with Gasteiger partial charge in [0, 0.05) is 49.8 Å². The van der Waals surface area contributed by atoms with Crippen molar-refractivity contribution in [3.8, 4) is 0 Å². The van der Waals surface area contributed by atoms with Crippen LogP contribution in [0.5, 0.6) is 0 Å². The van der Waals surface area contributed by atoms with E-state index in [-0.39, 0.29) is 0 Å². The molecule has 0 spiro atoms. The minimum Gasteiger partial charge on any atom is -0.347 e. The van der Waals surface area contributed by atoms with Gasteiger partial charge in [0.25, 0.3) is 0 Å². The summed E-state index contributed by atoms with van der Waals surface area (Å²) in [6, 6.07) is 6.84. The molecule has 0 radical (unpaired) electrons. The van der Waals surface area contributed by atoms with Crippen LogP contribution in [0.2, 0.25) is 0 Å². The molecule has 3 rings (SSSR count). The van der Waals surface area contributed by atoms with Crippen molar-refractivity contribution in [3.63, 3.8) is 0 Å². The zero-order valence-electron chi connectivity index (χ0n) is 14.4.